The van der Waals surface area contributed by atoms with Crippen LogP contribution in [-0.4, -0.2) is 29.1 Å². The zero-order chi connectivity index (χ0) is 12.3. The van der Waals surface area contributed by atoms with Crippen molar-refractivity contribution in [1.82, 2.24) is 9.97 Å². The summed E-state index contributed by atoms with van der Waals surface area (Å²) in [6.45, 7) is 5.77. The molecule has 1 aliphatic rings. The third-order valence-corrected chi connectivity index (χ3v) is 3.38. The molecule has 1 saturated heterocycles. The molecule has 0 amide bonds. The van der Waals surface area contributed by atoms with E-state index in [9.17, 15) is 0 Å². The highest BCUT2D eigenvalue weighted by atomic mass is 15.3. The van der Waals surface area contributed by atoms with E-state index in [4.69, 9.17) is 5.73 Å². The molecule has 0 spiro atoms. The van der Waals surface area contributed by atoms with Crippen molar-refractivity contribution in [2.75, 3.05) is 18.0 Å². The highest BCUT2D eigenvalue weighted by molar-refractivity contribution is 5.34. The minimum absolute atomic E-state index is 0.402. The first-order chi connectivity index (χ1) is 8.20. The first-order valence-electron chi connectivity index (χ1n) is 6.49. The van der Waals surface area contributed by atoms with Crippen LogP contribution >= 0.6 is 0 Å². The van der Waals surface area contributed by atoms with Crippen LogP contribution < -0.4 is 10.6 Å². The Kier molecular flexibility index (Phi) is 3.94. The average Bonchev–Trinajstić information content (AvgIpc) is 2.52. The van der Waals surface area contributed by atoms with E-state index in [0.29, 0.717) is 12.6 Å². The summed E-state index contributed by atoms with van der Waals surface area (Å²) < 4.78 is 0. The van der Waals surface area contributed by atoms with Gasteiger partial charge >= 0.3 is 0 Å². The van der Waals surface area contributed by atoms with Crippen molar-refractivity contribution in [3.8, 4) is 0 Å². The number of hydrogen-bond acceptors (Lipinski definition) is 4. The smallest absolute Gasteiger partial charge is 0.226 e. The average molecular weight is 234 g/mol. The summed E-state index contributed by atoms with van der Waals surface area (Å²) in [6, 6.07) is 2.41. The van der Waals surface area contributed by atoms with Gasteiger partial charge in [0.05, 0.1) is 0 Å². The summed E-state index contributed by atoms with van der Waals surface area (Å²) in [6.07, 6.45) is 4.93. The number of anilines is 1. The van der Waals surface area contributed by atoms with Crippen LogP contribution in [0.3, 0.4) is 0 Å². The predicted molar refractivity (Wildman–Crippen MR) is 70.2 cm³/mol. The van der Waals surface area contributed by atoms with Crippen molar-refractivity contribution in [2.24, 2.45) is 5.73 Å². The first-order valence-corrected chi connectivity index (χ1v) is 6.49. The number of nitrogens with zero attached hydrogens (tertiary/aromatic N) is 3. The largest absolute Gasteiger partial charge is 0.337 e. The molecule has 2 heterocycles. The van der Waals surface area contributed by atoms with Crippen LogP contribution in [0, 0.1) is 13.8 Å². The molecule has 1 aromatic heterocycles. The van der Waals surface area contributed by atoms with Gasteiger partial charge in [-0.25, -0.2) is 9.97 Å². The van der Waals surface area contributed by atoms with Gasteiger partial charge in [0.25, 0.3) is 0 Å². The third-order valence-electron chi connectivity index (χ3n) is 3.38. The molecule has 1 atom stereocenters. The molecule has 2 N–H and O–H groups in total. The maximum Gasteiger partial charge on any atom is 0.226 e. The van der Waals surface area contributed by atoms with Crippen molar-refractivity contribution in [3.63, 3.8) is 0 Å². The van der Waals surface area contributed by atoms with E-state index < -0.39 is 0 Å². The lowest BCUT2D eigenvalue weighted by Crippen LogP contribution is -2.41. The van der Waals surface area contributed by atoms with Gasteiger partial charge in [0, 0.05) is 30.5 Å². The zero-order valence-electron chi connectivity index (χ0n) is 10.8. The molecule has 0 bridgehead atoms. The van der Waals surface area contributed by atoms with Crippen molar-refractivity contribution in [1.29, 1.82) is 0 Å². The second kappa shape index (κ2) is 5.45. The van der Waals surface area contributed by atoms with Gasteiger partial charge in [0.1, 0.15) is 0 Å². The van der Waals surface area contributed by atoms with Crippen LogP contribution in [0.25, 0.3) is 0 Å². The standard InChI is InChI=1S/C13H22N4/c1-10-8-11(2)16-13(15-10)17-7-5-3-4-6-12(17)9-14/h8,12H,3-7,9,14H2,1-2H3. The monoisotopic (exact) mass is 234 g/mol. The van der Waals surface area contributed by atoms with E-state index in [-0.39, 0.29) is 0 Å². The van der Waals surface area contributed by atoms with Crippen molar-refractivity contribution < 1.29 is 0 Å². The summed E-state index contributed by atoms with van der Waals surface area (Å²) >= 11 is 0. The van der Waals surface area contributed by atoms with Gasteiger partial charge < -0.3 is 10.6 Å². The second-order valence-electron chi connectivity index (χ2n) is 4.88. The van der Waals surface area contributed by atoms with E-state index in [1.165, 1.54) is 19.3 Å². The highest BCUT2D eigenvalue weighted by Gasteiger charge is 2.22. The minimum atomic E-state index is 0.402. The maximum absolute atomic E-state index is 5.88. The molecule has 0 radical (unpaired) electrons. The first kappa shape index (κ1) is 12.3. The Labute approximate surface area is 103 Å². The van der Waals surface area contributed by atoms with Gasteiger partial charge in [-0.15, -0.1) is 0 Å². The highest BCUT2D eigenvalue weighted by Crippen LogP contribution is 2.21. The van der Waals surface area contributed by atoms with Gasteiger partial charge in [-0.1, -0.05) is 12.8 Å². The fourth-order valence-corrected chi connectivity index (χ4v) is 2.52. The fraction of sp³-hybridized carbons (Fsp3) is 0.692. The number of nitrogens with two attached hydrogens (primary N) is 1. The van der Waals surface area contributed by atoms with Gasteiger partial charge in [0.15, 0.2) is 0 Å². The molecule has 0 saturated carbocycles. The van der Waals surface area contributed by atoms with Crippen molar-refractivity contribution >= 4 is 5.95 Å². The molecule has 4 nitrogen and oxygen atoms in total. The van der Waals surface area contributed by atoms with E-state index in [1.807, 2.05) is 19.9 Å². The molecule has 2 rings (SSSR count). The number of aryl methyl sites for hydroxylation is 2. The molecule has 0 aliphatic carbocycles. The summed E-state index contributed by atoms with van der Waals surface area (Å²) in [5, 5.41) is 0. The van der Waals surface area contributed by atoms with Crippen molar-refractivity contribution in [3.05, 3.63) is 17.5 Å². The minimum Gasteiger partial charge on any atom is -0.337 e. The van der Waals surface area contributed by atoms with Crippen LogP contribution in [0.15, 0.2) is 6.07 Å². The summed E-state index contributed by atoms with van der Waals surface area (Å²) in [5.74, 6) is 0.861. The SMILES string of the molecule is Cc1cc(C)nc(N2CCCCCC2CN)n1. The second-order valence-corrected chi connectivity index (χ2v) is 4.88. The molecule has 4 heteroatoms. The van der Waals surface area contributed by atoms with Crippen LogP contribution in [-0.2, 0) is 0 Å². The molecule has 94 valence electrons. The van der Waals surface area contributed by atoms with E-state index >= 15 is 0 Å². The molecular weight excluding hydrogens is 212 g/mol. The molecule has 1 aliphatic heterocycles. The van der Waals surface area contributed by atoms with Gasteiger partial charge in [0.2, 0.25) is 5.95 Å². The normalized spacial score (nSPS) is 21.4. The van der Waals surface area contributed by atoms with Crippen LogP contribution in [0.1, 0.15) is 37.1 Å². The maximum atomic E-state index is 5.88. The fourth-order valence-electron chi connectivity index (χ4n) is 2.52. The van der Waals surface area contributed by atoms with Crippen LogP contribution in [0.4, 0.5) is 5.95 Å². The molecule has 17 heavy (non-hydrogen) atoms. The molecule has 1 unspecified atom stereocenters. The van der Waals surface area contributed by atoms with E-state index in [2.05, 4.69) is 14.9 Å². The van der Waals surface area contributed by atoms with Crippen LogP contribution in [0.5, 0.6) is 0 Å². The van der Waals surface area contributed by atoms with E-state index in [0.717, 1.165) is 30.3 Å². The Morgan fingerprint density at radius 2 is 1.94 bits per heavy atom. The van der Waals surface area contributed by atoms with Gasteiger partial charge in [-0.05, 0) is 32.8 Å². The lowest BCUT2D eigenvalue weighted by Gasteiger charge is -2.29. The lowest BCUT2D eigenvalue weighted by atomic mass is 10.1. The lowest BCUT2D eigenvalue weighted by molar-refractivity contribution is 0.569. The van der Waals surface area contributed by atoms with E-state index in [1.54, 1.807) is 0 Å². The summed E-state index contributed by atoms with van der Waals surface area (Å²) in [4.78, 5) is 11.4. The molecular formula is C13H22N4. The summed E-state index contributed by atoms with van der Waals surface area (Å²) in [7, 11) is 0. The number of hydrogen-bond donors (Lipinski definition) is 1. The van der Waals surface area contributed by atoms with Crippen molar-refractivity contribution in [2.45, 2.75) is 45.6 Å². The van der Waals surface area contributed by atoms with Crippen LogP contribution in [0.2, 0.25) is 0 Å². The Balaban J connectivity index is 2.27. The van der Waals surface area contributed by atoms with Gasteiger partial charge in [-0.2, -0.15) is 0 Å². The Morgan fingerprint density at radius 3 is 2.59 bits per heavy atom. The molecule has 1 fully saturated rings. The summed E-state index contributed by atoms with van der Waals surface area (Å²) in [5.41, 5.74) is 7.95. The quantitative estimate of drug-likeness (QED) is 0.847. The predicted octanol–water partition coefficient (Wildman–Crippen LogP) is 1.80. The topological polar surface area (TPSA) is 55.0 Å². The number of aromatic nitrogens is 2. The zero-order valence-corrected chi connectivity index (χ0v) is 10.8. The Hall–Kier alpha value is -1.16. The molecule has 0 aromatic carbocycles. The van der Waals surface area contributed by atoms with Gasteiger partial charge in [-0.3, -0.25) is 0 Å². The molecule has 1 aromatic rings. The Morgan fingerprint density at radius 1 is 1.24 bits per heavy atom. The number of rotatable bonds is 2. The Bertz CT molecular complexity index is 357. The third kappa shape index (κ3) is 2.94.